The molecule has 0 saturated heterocycles. The minimum atomic E-state index is -0.828. The SMILES string of the molecule is CCC/C=C/CCC(=O)CCCC(=O)O. The van der Waals surface area contributed by atoms with Crippen molar-refractivity contribution in [1.29, 1.82) is 0 Å². The van der Waals surface area contributed by atoms with Crippen molar-refractivity contribution < 1.29 is 14.7 Å². The molecule has 0 aromatic heterocycles. The summed E-state index contributed by atoms with van der Waals surface area (Å²) in [6, 6.07) is 0. The summed E-state index contributed by atoms with van der Waals surface area (Å²) < 4.78 is 0. The molecule has 0 aromatic rings. The van der Waals surface area contributed by atoms with E-state index in [9.17, 15) is 9.59 Å². The van der Waals surface area contributed by atoms with Gasteiger partial charge in [0.2, 0.25) is 0 Å². The quantitative estimate of drug-likeness (QED) is 0.598. The van der Waals surface area contributed by atoms with Crippen molar-refractivity contribution in [1.82, 2.24) is 0 Å². The minimum absolute atomic E-state index is 0.0947. The van der Waals surface area contributed by atoms with Crippen LogP contribution in [0.25, 0.3) is 0 Å². The Kier molecular flexibility index (Phi) is 8.73. The summed E-state index contributed by atoms with van der Waals surface area (Å²) in [6.07, 6.45) is 8.59. The van der Waals surface area contributed by atoms with Crippen molar-refractivity contribution in [2.24, 2.45) is 0 Å². The first-order chi connectivity index (χ1) is 7.16. The first-order valence-electron chi connectivity index (χ1n) is 5.55. The summed E-state index contributed by atoms with van der Waals surface area (Å²) in [7, 11) is 0. The number of hydrogen-bond donors (Lipinski definition) is 1. The number of carboxylic acids is 1. The smallest absolute Gasteiger partial charge is 0.303 e. The van der Waals surface area contributed by atoms with Gasteiger partial charge in [0.05, 0.1) is 0 Å². The number of aliphatic carboxylic acids is 1. The highest BCUT2D eigenvalue weighted by molar-refractivity contribution is 5.79. The molecule has 3 nitrogen and oxygen atoms in total. The molecule has 0 aliphatic heterocycles. The molecule has 0 saturated carbocycles. The fourth-order valence-electron chi connectivity index (χ4n) is 1.21. The Labute approximate surface area is 91.2 Å². The Morgan fingerprint density at radius 3 is 2.33 bits per heavy atom. The second kappa shape index (κ2) is 9.44. The van der Waals surface area contributed by atoms with Crippen LogP contribution in [0, 0.1) is 0 Å². The van der Waals surface area contributed by atoms with E-state index in [0.29, 0.717) is 19.3 Å². The van der Waals surface area contributed by atoms with Gasteiger partial charge in [-0.05, 0) is 19.3 Å². The van der Waals surface area contributed by atoms with Crippen LogP contribution >= 0.6 is 0 Å². The third-order valence-electron chi connectivity index (χ3n) is 2.06. The van der Waals surface area contributed by atoms with Crippen molar-refractivity contribution in [3.63, 3.8) is 0 Å². The van der Waals surface area contributed by atoms with Crippen LogP contribution in [0.5, 0.6) is 0 Å². The number of carbonyl (C=O) groups is 2. The fourth-order valence-corrected chi connectivity index (χ4v) is 1.21. The van der Waals surface area contributed by atoms with Crippen LogP contribution in [0.15, 0.2) is 12.2 Å². The van der Waals surface area contributed by atoms with Gasteiger partial charge in [0.1, 0.15) is 5.78 Å². The summed E-state index contributed by atoms with van der Waals surface area (Å²) in [5.74, 6) is -0.664. The molecule has 0 atom stereocenters. The molecule has 15 heavy (non-hydrogen) atoms. The van der Waals surface area contributed by atoms with Gasteiger partial charge in [-0.2, -0.15) is 0 Å². The van der Waals surface area contributed by atoms with E-state index < -0.39 is 5.97 Å². The third-order valence-corrected chi connectivity index (χ3v) is 2.06. The van der Waals surface area contributed by atoms with E-state index in [2.05, 4.69) is 13.0 Å². The molecule has 0 spiro atoms. The van der Waals surface area contributed by atoms with Gasteiger partial charge < -0.3 is 5.11 Å². The lowest BCUT2D eigenvalue weighted by Gasteiger charge is -1.96. The largest absolute Gasteiger partial charge is 0.481 e. The van der Waals surface area contributed by atoms with E-state index in [1.165, 1.54) is 0 Å². The topological polar surface area (TPSA) is 54.4 Å². The van der Waals surface area contributed by atoms with Crippen molar-refractivity contribution in [3.05, 3.63) is 12.2 Å². The molecule has 0 bridgehead atoms. The first-order valence-corrected chi connectivity index (χ1v) is 5.55. The zero-order valence-electron chi connectivity index (χ0n) is 9.37. The number of carboxylic acid groups (broad SMARTS) is 1. The van der Waals surface area contributed by atoms with Gasteiger partial charge in [0, 0.05) is 19.3 Å². The summed E-state index contributed by atoms with van der Waals surface area (Å²) in [6.45, 7) is 2.11. The van der Waals surface area contributed by atoms with Gasteiger partial charge in [0.15, 0.2) is 0 Å². The average Bonchev–Trinajstić information content (AvgIpc) is 2.17. The van der Waals surface area contributed by atoms with Crippen LogP contribution in [0.3, 0.4) is 0 Å². The number of allylic oxidation sites excluding steroid dienone is 2. The lowest BCUT2D eigenvalue weighted by atomic mass is 10.1. The van der Waals surface area contributed by atoms with Crippen molar-refractivity contribution >= 4 is 11.8 Å². The van der Waals surface area contributed by atoms with Gasteiger partial charge >= 0.3 is 5.97 Å². The molecule has 0 heterocycles. The standard InChI is InChI=1S/C12H20O3/c1-2-3-4-5-6-8-11(13)9-7-10-12(14)15/h4-5H,2-3,6-10H2,1H3,(H,14,15)/b5-4+. The Bertz CT molecular complexity index is 219. The molecule has 1 N–H and O–H groups in total. The Morgan fingerprint density at radius 2 is 1.73 bits per heavy atom. The number of rotatable bonds is 9. The van der Waals surface area contributed by atoms with Crippen LogP contribution in [-0.4, -0.2) is 16.9 Å². The molecule has 0 radical (unpaired) electrons. The fraction of sp³-hybridized carbons (Fsp3) is 0.667. The Balaban J connectivity index is 3.37. The van der Waals surface area contributed by atoms with E-state index in [1.807, 2.05) is 6.08 Å². The van der Waals surface area contributed by atoms with Crippen LogP contribution in [0.1, 0.15) is 51.9 Å². The molecule has 3 heteroatoms. The monoisotopic (exact) mass is 212 g/mol. The van der Waals surface area contributed by atoms with Crippen LogP contribution < -0.4 is 0 Å². The van der Waals surface area contributed by atoms with E-state index >= 15 is 0 Å². The molecular weight excluding hydrogens is 192 g/mol. The van der Waals surface area contributed by atoms with Crippen molar-refractivity contribution in [2.45, 2.75) is 51.9 Å². The lowest BCUT2D eigenvalue weighted by Crippen LogP contribution is -2.00. The summed E-state index contributed by atoms with van der Waals surface area (Å²) >= 11 is 0. The highest BCUT2D eigenvalue weighted by Gasteiger charge is 2.02. The minimum Gasteiger partial charge on any atom is -0.481 e. The highest BCUT2D eigenvalue weighted by Crippen LogP contribution is 2.03. The normalized spacial score (nSPS) is 10.7. The number of Topliss-reactive ketones (excluding diaryl/α,β-unsaturated/α-hetero) is 1. The molecule has 86 valence electrons. The lowest BCUT2D eigenvalue weighted by molar-refractivity contribution is -0.137. The molecule has 0 fully saturated rings. The average molecular weight is 212 g/mol. The molecule has 0 aromatic carbocycles. The van der Waals surface area contributed by atoms with Gasteiger partial charge in [-0.1, -0.05) is 25.5 Å². The van der Waals surface area contributed by atoms with E-state index in [4.69, 9.17) is 5.11 Å². The summed E-state index contributed by atoms with van der Waals surface area (Å²) in [5, 5.41) is 8.38. The predicted molar refractivity (Wildman–Crippen MR) is 59.8 cm³/mol. The van der Waals surface area contributed by atoms with Crippen molar-refractivity contribution in [2.75, 3.05) is 0 Å². The zero-order chi connectivity index (χ0) is 11.5. The van der Waals surface area contributed by atoms with Crippen LogP contribution in [-0.2, 0) is 9.59 Å². The summed E-state index contributed by atoms with van der Waals surface area (Å²) in [5.41, 5.74) is 0. The van der Waals surface area contributed by atoms with Gasteiger partial charge in [-0.3, -0.25) is 9.59 Å². The molecule has 0 unspecified atom stereocenters. The van der Waals surface area contributed by atoms with Crippen LogP contribution in [0.4, 0.5) is 0 Å². The second-order valence-corrected chi connectivity index (χ2v) is 3.58. The first kappa shape index (κ1) is 13.9. The van der Waals surface area contributed by atoms with Gasteiger partial charge in [-0.25, -0.2) is 0 Å². The molecule has 0 rings (SSSR count). The van der Waals surface area contributed by atoms with Gasteiger partial charge in [0.25, 0.3) is 0 Å². The van der Waals surface area contributed by atoms with Crippen LogP contribution in [0.2, 0.25) is 0 Å². The van der Waals surface area contributed by atoms with E-state index in [1.54, 1.807) is 0 Å². The van der Waals surface area contributed by atoms with E-state index in [0.717, 1.165) is 19.3 Å². The third kappa shape index (κ3) is 10.8. The Morgan fingerprint density at radius 1 is 1.07 bits per heavy atom. The number of hydrogen-bond acceptors (Lipinski definition) is 2. The van der Waals surface area contributed by atoms with E-state index in [-0.39, 0.29) is 12.2 Å². The molecule has 0 aliphatic carbocycles. The number of unbranched alkanes of at least 4 members (excludes halogenated alkanes) is 1. The van der Waals surface area contributed by atoms with Crippen molar-refractivity contribution in [3.8, 4) is 0 Å². The molecular formula is C12H20O3. The number of ketones is 1. The van der Waals surface area contributed by atoms with Gasteiger partial charge in [-0.15, -0.1) is 0 Å². The Hall–Kier alpha value is -1.12. The number of carbonyl (C=O) groups excluding carboxylic acids is 1. The highest BCUT2D eigenvalue weighted by atomic mass is 16.4. The zero-order valence-corrected chi connectivity index (χ0v) is 9.37. The molecule has 0 aliphatic rings. The summed E-state index contributed by atoms with van der Waals surface area (Å²) in [4.78, 5) is 21.4. The second-order valence-electron chi connectivity index (χ2n) is 3.58. The maximum atomic E-state index is 11.2. The predicted octanol–water partition coefficient (Wildman–Crippen LogP) is 2.95. The maximum Gasteiger partial charge on any atom is 0.303 e. The maximum absolute atomic E-state index is 11.2. The molecule has 0 amide bonds.